The zero-order valence-electron chi connectivity index (χ0n) is 10.3. The molecule has 0 N–H and O–H groups in total. The summed E-state index contributed by atoms with van der Waals surface area (Å²) in [5, 5.41) is 0. The highest BCUT2D eigenvalue weighted by atomic mass is 16.5. The molecule has 0 aromatic rings. The second-order valence-corrected chi connectivity index (χ2v) is 4.95. The largest absolute Gasteiger partial charge is 0.462 e. The van der Waals surface area contributed by atoms with E-state index in [4.69, 9.17) is 4.74 Å². The Labute approximate surface area is 92.7 Å². The van der Waals surface area contributed by atoms with Crippen LogP contribution in [0.1, 0.15) is 53.4 Å². The quantitative estimate of drug-likeness (QED) is 0.524. The predicted octanol–water partition coefficient (Wildman–Crippen LogP) is 3.46. The lowest BCUT2D eigenvalue weighted by Gasteiger charge is -2.45. The number of ether oxygens (including phenoxy) is 1. The van der Waals surface area contributed by atoms with E-state index >= 15 is 0 Å². The third-order valence-corrected chi connectivity index (χ3v) is 3.47. The van der Waals surface area contributed by atoms with Gasteiger partial charge in [-0.25, -0.2) is 0 Å². The van der Waals surface area contributed by atoms with E-state index in [1.165, 1.54) is 31.8 Å². The molecule has 1 atom stereocenters. The summed E-state index contributed by atoms with van der Waals surface area (Å²) in [5.74, 6) is -0.161. The van der Waals surface area contributed by atoms with Crippen molar-refractivity contribution in [3.05, 3.63) is 11.6 Å². The Morgan fingerprint density at radius 3 is 2.33 bits per heavy atom. The van der Waals surface area contributed by atoms with E-state index in [0.717, 1.165) is 6.42 Å². The van der Waals surface area contributed by atoms with E-state index in [0.29, 0.717) is 0 Å². The van der Waals surface area contributed by atoms with Gasteiger partial charge in [0, 0.05) is 12.3 Å². The first-order valence-electron chi connectivity index (χ1n) is 5.77. The molecule has 0 aliphatic heterocycles. The summed E-state index contributed by atoms with van der Waals surface area (Å²) in [6, 6.07) is 0. The van der Waals surface area contributed by atoms with Crippen molar-refractivity contribution in [1.82, 2.24) is 0 Å². The highest BCUT2D eigenvalue weighted by molar-refractivity contribution is 5.66. The summed E-state index contributed by atoms with van der Waals surface area (Å²) in [5.41, 5.74) is 1.57. The molecule has 1 saturated carbocycles. The Bertz CT molecular complexity index is 258. The monoisotopic (exact) mass is 210 g/mol. The highest BCUT2D eigenvalue weighted by Gasteiger charge is 2.42. The topological polar surface area (TPSA) is 26.3 Å². The van der Waals surface area contributed by atoms with Crippen molar-refractivity contribution in [2.75, 3.05) is 0 Å². The van der Waals surface area contributed by atoms with E-state index in [2.05, 4.69) is 19.9 Å². The van der Waals surface area contributed by atoms with Crippen LogP contribution in [0.5, 0.6) is 0 Å². The van der Waals surface area contributed by atoms with E-state index in [1.807, 2.05) is 6.92 Å². The van der Waals surface area contributed by atoms with Crippen molar-refractivity contribution in [3.63, 3.8) is 0 Å². The molecule has 0 aromatic heterocycles. The Hall–Kier alpha value is -0.790. The van der Waals surface area contributed by atoms with Crippen LogP contribution in [0.25, 0.3) is 0 Å². The molecule has 1 aliphatic rings. The number of allylic oxidation sites excluding steroid dienone is 2. The molecule has 86 valence electrons. The Morgan fingerprint density at radius 2 is 2.00 bits per heavy atom. The van der Waals surface area contributed by atoms with Gasteiger partial charge < -0.3 is 4.74 Å². The third kappa shape index (κ3) is 3.08. The lowest BCUT2D eigenvalue weighted by molar-refractivity contribution is -0.156. The van der Waals surface area contributed by atoms with Crippen molar-refractivity contribution >= 4 is 5.97 Å². The summed E-state index contributed by atoms with van der Waals surface area (Å²) in [4.78, 5) is 10.9. The molecule has 15 heavy (non-hydrogen) atoms. The van der Waals surface area contributed by atoms with Gasteiger partial charge in [-0.1, -0.05) is 18.1 Å². The molecule has 0 amide bonds. The molecule has 0 saturated heterocycles. The molecule has 0 heterocycles. The first kappa shape index (κ1) is 12.3. The minimum atomic E-state index is -0.161. The van der Waals surface area contributed by atoms with E-state index in [1.54, 1.807) is 0 Å². The van der Waals surface area contributed by atoms with Crippen molar-refractivity contribution in [2.45, 2.75) is 59.5 Å². The van der Waals surface area contributed by atoms with Gasteiger partial charge in [0.05, 0.1) is 0 Å². The van der Waals surface area contributed by atoms with Crippen molar-refractivity contribution in [1.29, 1.82) is 0 Å². The van der Waals surface area contributed by atoms with Crippen LogP contribution in [0.15, 0.2) is 11.6 Å². The molecular formula is C13H22O2. The molecule has 2 nitrogen and oxygen atoms in total. The second-order valence-electron chi connectivity index (χ2n) is 4.95. The van der Waals surface area contributed by atoms with E-state index < -0.39 is 0 Å². The van der Waals surface area contributed by atoms with Crippen LogP contribution in [-0.4, -0.2) is 12.1 Å². The van der Waals surface area contributed by atoms with Crippen LogP contribution in [0.4, 0.5) is 0 Å². The van der Waals surface area contributed by atoms with Crippen LogP contribution in [0.2, 0.25) is 0 Å². The van der Waals surface area contributed by atoms with Gasteiger partial charge in [0.2, 0.25) is 0 Å². The molecule has 1 fully saturated rings. The van der Waals surface area contributed by atoms with Gasteiger partial charge in [-0.2, -0.15) is 0 Å². The summed E-state index contributed by atoms with van der Waals surface area (Å²) < 4.78 is 5.32. The SMILES string of the molecule is CC(=O)O[C@H](C)C1(CC=C(C)C)CCC1. The van der Waals surface area contributed by atoms with Gasteiger partial charge in [-0.3, -0.25) is 4.79 Å². The first-order valence-corrected chi connectivity index (χ1v) is 5.77. The summed E-state index contributed by atoms with van der Waals surface area (Å²) in [7, 11) is 0. The molecule has 0 aromatic carbocycles. The third-order valence-electron chi connectivity index (χ3n) is 3.47. The standard InChI is InChI=1S/C13H22O2/c1-10(2)6-9-13(7-5-8-13)11(3)15-12(4)14/h6,11H,5,7-9H2,1-4H3/t11-/m1/s1. The van der Waals surface area contributed by atoms with Gasteiger partial charge in [-0.15, -0.1) is 0 Å². The maximum atomic E-state index is 10.9. The van der Waals surface area contributed by atoms with Crippen LogP contribution in [0, 0.1) is 5.41 Å². The number of esters is 1. The lowest BCUT2D eigenvalue weighted by atomic mass is 9.63. The lowest BCUT2D eigenvalue weighted by Crippen LogP contribution is -2.41. The van der Waals surface area contributed by atoms with Crippen molar-refractivity contribution < 1.29 is 9.53 Å². The minimum Gasteiger partial charge on any atom is -0.462 e. The average molecular weight is 210 g/mol. The highest BCUT2D eigenvalue weighted by Crippen LogP contribution is 2.48. The van der Waals surface area contributed by atoms with Crippen LogP contribution >= 0.6 is 0 Å². The van der Waals surface area contributed by atoms with E-state index in [9.17, 15) is 4.79 Å². The summed E-state index contributed by atoms with van der Waals surface area (Å²) in [6.45, 7) is 7.74. The first-order chi connectivity index (χ1) is 6.96. The zero-order valence-corrected chi connectivity index (χ0v) is 10.3. The predicted molar refractivity (Wildman–Crippen MR) is 61.6 cm³/mol. The van der Waals surface area contributed by atoms with Crippen LogP contribution in [-0.2, 0) is 9.53 Å². The Balaban J connectivity index is 2.59. The molecule has 0 bridgehead atoms. The van der Waals surface area contributed by atoms with Crippen molar-refractivity contribution in [2.24, 2.45) is 5.41 Å². The van der Waals surface area contributed by atoms with Crippen molar-refractivity contribution in [3.8, 4) is 0 Å². The smallest absolute Gasteiger partial charge is 0.302 e. The molecular weight excluding hydrogens is 188 g/mol. The fraction of sp³-hybridized carbons (Fsp3) is 0.769. The average Bonchev–Trinajstić information content (AvgIpc) is 1.99. The van der Waals surface area contributed by atoms with Crippen LogP contribution in [0.3, 0.4) is 0 Å². The number of hydrogen-bond acceptors (Lipinski definition) is 2. The molecule has 1 aliphatic carbocycles. The number of rotatable bonds is 4. The summed E-state index contributed by atoms with van der Waals surface area (Å²) >= 11 is 0. The number of hydrogen-bond donors (Lipinski definition) is 0. The van der Waals surface area contributed by atoms with E-state index in [-0.39, 0.29) is 17.5 Å². The molecule has 2 heteroatoms. The molecule has 0 unspecified atom stereocenters. The second kappa shape index (κ2) is 4.82. The maximum absolute atomic E-state index is 10.9. The van der Waals surface area contributed by atoms with Gasteiger partial charge in [-0.05, 0) is 40.0 Å². The molecule has 0 radical (unpaired) electrons. The number of carbonyl (C=O) groups excluding carboxylic acids is 1. The molecule has 0 spiro atoms. The number of carbonyl (C=O) groups is 1. The molecule has 1 rings (SSSR count). The zero-order chi connectivity index (χ0) is 11.5. The minimum absolute atomic E-state index is 0.0550. The Kier molecular flexibility index (Phi) is 3.95. The maximum Gasteiger partial charge on any atom is 0.302 e. The van der Waals surface area contributed by atoms with Gasteiger partial charge in [0.1, 0.15) is 6.10 Å². The normalized spacial score (nSPS) is 20.0. The van der Waals surface area contributed by atoms with Crippen LogP contribution < -0.4 is 0 Å². The van der Waals surface area contributed by atoms with Gasteiger partial charge in [0.25, 0.3) is 0 Å². The fourth-order valence-corrected chi connectivity index (χ4v) is 2.19. The van der Waals surface area contributed by atoms with Gasteiger partial charge in [0.15, 0.2) is 0 Å². The fourth-order valence-electron chi connectivity index (χ4n) is 2.19. The summed E-state index contributed by atoms with van der Waals surface area (Å²) in [6.07, 6.45) is 7.00. The van der Waals surface area contributed by atoms with Gasteiger partial charge >= 0.3 is 5.97 Å². The Morgan fingerprint density at radius 1 is 1.40 bits per heavy atom.